The number of halogens is 1. The lowest BCUT2D eigenvalue weighted by atomic mass is 10.0. The molecule has 1 fully saturated rings. The van der Waals surface area contributed by atoms with Crippen LogP contribution in [0.1, 0.15) is 43.4 Å². The monoisotopic (exact) mass is 278 g/mol. The molecule has 0 saturated carbocycles. The first-order valence-electron chi connectivity index (χ1n) is 7.74. The largest absolute Gasteiger partial charge is 0.311 e. The molecule has 2 nitrogen and oxygen atoms in total. The molecule has 1 aliphatic rings. The zero-order chi connectivity index (χ0) is 14.7. The van der Waals surface area contributed by atoms with Gasteiger partial charge in [0.15, 0.2) is 0 Å². The molecule has 1 aliphatic heterocycles. The van der Waals surface area contributed by atoms with Crippen LogP contribution in [-0.4, -0.2) is 30.1 Å². The summed E-state index contributed by atoms with van der Waals surface area (Å²) in [5.74, 6) is -0.0639. The van der Waals surface area contributed by atoms with Crippen LogP contribution in [-0.2, 0) is 6.54 Å². The Labute approximate surface area is 122 Å². The van der Waals surface area contributed by atoms with Gasteiger partial charge >= 0.3 is 0 Å². The molecule has 0 aromatic heterocycles. The minimum absolute atomic E-state index is 0.0639. The van der Waals surface area contributed by atoms with E-state index in [1.807, 2.05) is 26.0 Å². The quantitative estimate of drug-likeness (QED) is 0.908. The first kappa shape index (κ1) is 15.5. The summed E-state index contributed by atoms with van der Waals surface area (Å²) in [6.45, 7) is 11.3. The van der Waals surface area contributed by atoms with Crippen molar-refractivity contribution >= 4 is 0 Å². The summed E-state index contributed by atoms with van der Waals surface area (Å²) < 4.78 is 13.7. The summed E-state index contributed by atoms with van der Waals surface area (Å²) in [4.78, 5) is 2.52. The molecule has 1 heterocycles. The SMILES string of the molecule is CCCC1CN(Cc2cc(C)c(F)c(C)c2)C(C)CN1. The molecule has 1 saturated heterocycles. The minimum Gasteiger partial charge on any atom is -0.311 e. The van der Waals surface area contributed by atoms with Gasteiger partial charge in [-0.3, -0.25) is 4.90 Å². The van der Waals surface area contributed by atoms with E-state index >= 15 is 0 Å². The average Bonchev–Trinajstić information content (AvgIpc) is 2.40. The van der Waals surface area contributed by atoms with Crippen molar-refractivity contribution in [3.63, 3.8) is 0 Å². The Morgan fingerprint density at radius 1 is 1.30 bits per heavy atom. The summed E-state index contributed by atoms with van der Waals surface area (Å²) in [5.41, 5.74) is 2.74. The Kier molecular flexibility index (Phi) is 5.17. The maximum Gasteiger partial charge on any atom is 0.129 e. The second-order valence-electron chi connectivity index (χ2n) is 6.22. The summed E-state index contributed by atoms with van der Waals surface area (Å²) in [7, 11) is 0. The van der Waals surface area contributed by atoms with Crippen molar-refractivity contribution in [3.05, 3.63) is 34.6 Å². The molecule has 1 aromatic carbocycles. The molecule has 20 heavy (non-hydrogen) atoms. The number of hydrogen-bond acceptors (Lipinski definition) is 2. The molecule has 112 valence electrons. The molecule has 2 atom stereocenters. The van der Waals surface area contributed by atoms with Gasteiger partial charge in [-0.15, -0.1) is 0 Å². The van der Waals surface area contributed by atoms with Crippen molar-refractivity contribution in [1.29, 1.82) is 0 Å². The van der Waals surface area contributed by atoms with Crippen LogP contribution in [0.15, 0.2) is 12.1 Å². The molecule has 1 N–H and O–H groups in total. The van der Waals surface area contributed by atoms with Crippen LogP contribution in [0.4, 0.5) is 4.39 Å². The van der Waals surface area contributed by atoms with Crippen molar-refractivity contribution in [1.82, 2.24) is 10.2 Å². The van der Waals surface area contributed by atoms with E-state index in [-0.39, 0.29) is 5.82 Å². The van der Waals surface area contributed by atoms with Gasteiger partial charge in [-0.05, 0) is 43.9 Å². The van der Waals surface area contributed by atoms with Crippen LogP contribution < -0.4 is 5.32 Å². The molecule has 2 rings (SSSR count). The number of rotatable bonds is 4. The summed E-state index contributed by atoms with van der Waals surface area (Å²) in [6, 6.07) is 5.12. The third-order valence-corrected chi connectivity index (χ3v) is 4.30. The highest BCUT2D eigenvalue weighted by Gasteiger charge is 2.24. The number of hydrogen-bond donors (Lipinski definition) is 1. The van der Waals surface area contributed by atoms with Gasteiger partial charge in [0.1, 0.15) is 5.82 Å². The van der Waals surface area contributed by atoms with Crippen LogP contribution >= 0.6 is 0 Å². The molecular formula is C17H27FN2. The fourth-order valence-electron chi connectivity index (χ4n) is 3.12. The van der Waals surface area contributed by atoms with Crippen LogP contribution in [0.25, 0.3) is 0 Å². The maximum atomic E-state index is 13.7. The van der Waals surface area contributed by atoms with E-state index in [1.165, 1.54) is 18.4 Å². The molecular weight excluding hydrogens is 251 g/mol. The third kappa shape index (κ3) is 3.58. The molecule has 0 aliphatic carbocycles. The van der Waals surface area contributed by atoms with Crippen LogP contribution in [0.3, 0.4) is 0 Å². The highest BCUT2D eigenvalue weighted by Crippen LogP contribution is 2.19. The molecule has 1 aromatic rings. The van der Waals surface area contributed by atoms with Gasteiger partial charge in [0.25, 0.3) is 0 Å². The normalized spacial score (nSPS) is 24.1. The third-order valence-electron chi connectivity index (χ3n) is 4.30. The molecule has 0 amide bonds. The molecule has 0 bridgehead atoms. The lowest BCUT2D eigenvalue weighted by Crippen LogP contribution is -2.54. The summed E-state index contributed by atoms with van der Waals surface area (Å²) in [5, 5.41) is 3.62. The van der Waals surface area contributed by atoms with Crippen LogP contribution in [0, 0.1) is 19.7 Å². The van der Waals surface area contributed by atoms with Gasteiger partial charge in [-0.1, -0.05) is 25.5 Å². The molecule has 3 heteroatoms. The first-order chi connectivity index (χ1) is 9.51. The van der Waals surface area contributed by atoms with Crippen LogP contribution in [0.2, 0.25) is 0 Å². The van der Waals surface area contributed by atoms with Gasteiger partial charge in [0, 0.05) is 31.7 Å². The lowest BCUT2D eigenvalue weighted by molar-refractivity contribution is 0.129. The van der Waals surface area contributed by atoms with Crippen molar-refractivity contribution in [2.45, 2.75) is 59.2 Å². The summed E-state index contributed by atoms with van der Waals surface area (Å²) >= 11 is 0. The van der Waals surface area contributed by atoms with Crippen molar-refractivity contribution in [3.8, 4) is 0 Å². The Morgan fingerprint density at radius 2 is 1.95 bits per heavy atom. The lowest BCUT2D eigenvalue weighted by Gasteiger charge is -2.39. The molecule has 0 radical (unpaired) electrons. The molecule has 0 spiro atoms. The van der Waals surface area contributed by atoms with E-state index in [0.29, 0.717) is 12.1 Å². The Balaban J connectivity index is 2.07. The van der Waals surface area contributed by atoms with Crippen molar-refractivity contribution in [2.24, 2.45) is 0 Å². The zero-order valence-corrected chi connectivity index (χ0v) is 13.2. The standard InChI is InChI=1S/C17H27FN2/c1-5-6-16-11-20(14(4)9-19-16)10-15-7-12(2)17(18)13(3)8-15/h7-8,14,16,19H,5-6,9-11H2,1-4H3. The van der Waals surface area contributed by atoms with E-state index < -0.39 is 0 Å². The number of nitrogens with one attached hydrogen (secondary N) is 1. The second-order valence-corrected chi connectivity index (χ2v) is 6.22. The van der Waals surface area contributed by atoms with Gasteiger partial charge in [-0.2, -0.15) is 0 Å². The molecule has 2 unspecified atom stereocenters. The fourth-order valence-corrected chi connectivity index (χ4v) is 3.12. The average molecular weight is 278 g/mol. The van der Waals surface area contributed by atoms with E-state index in [2.05, 4.69) is 24.1 Å². The van der Waals surface area contributed by atoms with Crippen molar-refractivity contribution in [2.75, 3.05) is 13.1 Å². The Morgan fingerprint density at radius 3 is 2.55 bits per heavy atom. The predicted octanol–water partition coefficient (Wildman–Crippen LogP) is 3.40. The van der Waals surface area contributed by atoms with Gasteiger partial charge in [-0.25, -0.2) is 4.39 Å². The smallest absolute Gasteiger partial charge is 0.129 e. The van der Waals surface area contributed by atoms with E-state index in [4.69, 9.17) is 0 Å². The predicted molar refractivity (Wildman–Crippen MR) is 82.4 cm³/mol. The Hall–Kier alpha value is -0.930. The van der Waals surface area contributed by atoms with Crippen molar-refractivity contribution < 1.29 is 4.39 Å². The number of aryl methyl sites for hydroxylation is 2. The van der Waals surface area contributed by atoms with E-state index in [9.17, 15) is 4.39 Å². The van der Waals surface area contributed by atoms with E-state index in [1.54, 1.807) is 0 Å². The highest BCUT2D eigenvalue weighted by atomic mass is 19.1. The maximum absolute atomic E-state index is 13.7. The van der Waals surface area contributed by atoms with E-state index in [0.717, 1.165) is 30.8 Å². The van der Waals surface area contributed by atoms with Gasteiger partial charge < -0.3 is 5.32 Å². The number of piperazine rings is 1. The number of nitrogens with zero attached hydrogens (tertiary/aromatic N) is 1. The number of benzene rings is 1. The second kappa shape index (κ2) is 6.68. The Bertz CT molecular complexity index is 435. The van der Waals surface area contributed by atoms with Gasteiger partial charge in [0.2, 0.25) is 0 Å². The highest BCUT2D eigenvalue weighted by molar-refractivity contribution is 5.30. The summed E-state index contributed by atoms with van der Waals surface area (Å²) in [6.07, 6.45) is 2.44. The first-order valence-corrected chi connectivity index (χ1v) is 7.74. The zero-order valence-electron chi connectivity index (χ0n) is 13.2. The van der Waals surface area contributed by atoms with Crippen LogP contribution in [0.5, 0.6) is 0 Å². The van der Waals surface area contributed by atoms with Gasteiger partial charge in [0.05, 0.1) is 0 Å². The topological polar surface area (TPSA) is 15.3 Å². The minimum atomic E-state index is -0.0639. The fraction of sp³-hybridized carbons (Fsp3) is 0.647.